The zero-order valence-corrected chi connectivity index (χ0v) is 14.4. The van der Waals surface area contributed by atoms with Gasteiger partial charge in [-0.25, -0.2) is 0 Å². The van der Waals surface area contributed by atoms with Gasteiger partial charge in [0.15, 0.2) is 6.10 Å². The minimum Gasteiger partial charge on any atom is -0.495 e. The van der Waals surface area contributed by atoms with E-state index < -0.39 is 6.10 Å². The molecule has 6 heteroatoms. The van der Waals surface area contributed by atoms with Crippen LogP contribution in [0, 0.1) is 11.8 Å². The number of benzene rings is 1. The number of hydrogen-bond acceptors (Lipinski definition) is 4. The Bertz CT molecular complexity index is 1080. The molecule has 0 saturated carbocycles. The number of aromatic nitrogens is 1. The number of ether oxygens (including phenoxy) is 1. The Morgan fingerprint density at radius 3 is 2.93 bits per heavy atom. The van der Waals surface area contributed by atoms with Gasteiger partial charge in [0.2, 0.25) is 0 Å². The van der Waals surface area contributed by atoms with Crippen molar-refractivity contribution in [1.82, 2.24) is 4.98 Å². The Morgan fingerprint density at radius 1 is 1.26 bits per heavy atom. The number of amides is 1. The molecule has 0 spiro atoms. The maximum atomic E-state index is 12.5. The molecule has 0 saturated heterocycles. The van der Waals surface area contributed by atoms with Crippen molar-refractivity contribution < 1.29 is 19.1 Å². The van der Waals surface area contributed by atoms with E-state index in [-0.39, 0.29) is 5.91 Å². The quantitative estimate of drug-likeness (QED) is 0.494. The number of H-pyrrole nitrogens is 1. The molecule has 3 aromatic rings. The minimum atomic E-state index is -1.04. The van der Waals surface area contributed by atoms with Crippen LogP contribution in [-0.2, 0) is 4.79 Å². The standard InChI is InChI=1S/C21H16N2O4/c1-26-18-9-10-22-16(18)12-14-20-13(4-2-5-15(20)23-21(14)25)7-8-17(24)19-6-3-11-27-19/h2-6,9-12,17,22,24H,1H3,(H,23,25). The van der Waals surface area contributed by atoms with Crippen molar-refractivity contribution in [1.29, 1.82) is 0 Å². The fraction of sp³-hybridized carbons (Fsp3) is 0.0952. The first-order chi connectivity index (χ1) is 13.2. The molecule has 134 valence electrons. The van der Waals surface area contributed by atoms with E-state index in [9.17, 15) is 9.90 Å². The molecule has 1 aliphatic heterocycles. The Kier molecular flexibility index (Phi) is 4.29. The van der Waals surface area contributed by atoms with E-state index in [0.29, 0.717) is 39.6 Å². The molecule has 3 heterocycles. The van der Waals surface area contributed by atoms with Gasteiger partial charge in [-0.2, -0.15) is 0 Å². The van der Waals surface area contributed by atoms with Gasteiger partial charge >= 0.3 is 0 Å². The summed E-state index contributed by atoms with van der Waals surface area (Å²) >= 11 is 0. The van der Waals surface area contributed by atoms with E-state index in [4.69, 9.17) is 9.15 Å². The predicted octanol–water partition coefficient (Wildman–Crippen LogP) is 3.19. The molecule has 3 N–H and O–H groups in total. The van der Waals surface area contributed by atoms with Crippen molar-refractivity contribution >= 4 is 23.2 Å². The van der Waals surface area contributed by atoms with Gasteiger partial charge in [0, 0.05) is 17.3 Å². The highest BCUT2D eigenvalue weighted by atomic mass is 16.5. The number of hydrogen-bond donors (Lipinski definition) is 3. The molecule has 4 rings (SSSR count). The van der Waals surface area contributed by atoms with Crippen LogP contribution in [0.15, 0.2) is 53.3 Å². The summed E-state index contributed by atoms with van der Waals surface area (Å²) in [6.07, 6.45) is 3.91. The van der Waals surface area contributed by atoms with Crippen molar-refractivity contribution in [2.75, 3.05) is 12.4 Å². The SMILES string of the molecule is COc1cc[nH]c1C=C1C(=O)Nc2cccc(C#CC(O)c3ccco3)c21. The molecule has 0 fully saturated rings. The van der Waals surface area contributed by atoms with Gasteiger partial charge in [-0.3, -0.25) is 4.79 Å². The molecular weight excluding hydrogens is 344 g/mol. The number of rotatable bonds is 3. The van der Waals surface area contributed by atoms with E-state index in [1.54, 1.807) is 49.7 Å². The highest BCUT2D eigenvalue weighted by Crippen LogP contribution is 2.36. The van der Waals surface area contributed by atoms with Crippen LogP contribution < -0.4 is 10.1 Å². The van der Waals surface area contributed by atoms with Gasteiger partial charge in [0.1, 0.15) is 11.5 Å². The van der Waals surface area contributed by atoms with E-state index in [1.165, 1.54) is 6.26 Å². The van der Waals surface area contributed by atoms with E-state index in [2.05, 4.69) is 22.1 Å². The van der Waals surface area contributed by atoms with Crippen LogP contribution in [0.5, 0.6) is 5.75 Å². The van der Waals surface area contributed by atoms with E-state index in [1.807, 2.05) is 6.07 Å². The fourth-order valence-electron chi connectivity index (χ4n) is 2.96. The second kappa shape index (κ2) is 6.90. The van der Waals surface area contributed by atoms with Gasteiger partial charge in [-0.1, -0.05) is 17.9 Å². The van der Waals surface area contributed by atoms with E-state index >= 15 is 0 Å². The predicted molar refractivity (Wildman–Crippen MR) is 101 cm³/mol. The summed E-state index contributed by atoms with van der Waals surface area (Å²) in [7, 11) is 1.57. The maximum Gasteiger partial charge on any atom is 0.256 e. The molecule has 1 aromatic carbocycles. The average molecular weight is 360 g/mol. The largest absolute Gasteiger partial charge is 0.495 e. The summed E-state index contributed by atoms with van der Waals surface area (Å²) in [6, 6.07) is 10.6. The van der Waals surface area contributed by atoms with Crippen molar-refractivity contribution in [3.63, 3.8) is 0 Å². The van der Waals surface area contributed by atoms with Gasteiger partial charge in [-0.15, -0.1) is 0 Å². The lowest BCUT2D eigenvalue weighted by Gasteiger charge is -2.04. The molecule has 6 nitrogen and oxygen atoms in total. The minimum absolute atomic E-state index is 0.220. The summed E-state index contributed by atoms with van der Waals surface area (Å²) in [4.78, 5) is 15.5. The molecule has 0 bridgehead atoms. The van der Waals surface area contributed by atoms with Crippen LogP contribution in [0.4, 0.5) is 5.69 Å². The van der Waals surface area contributed by atoms with Crippen LogP contribution >= 0.6 is 0 Å². The van der Waals surface area contributed by atoms with Crippen LogP contribution in [0.1, 0.15) is 28.7 Å². The van der Waals surface area contributed by atoms with Crippen LogP contribution in [0.25, 0.3) is 11.6 Å². The zero-order valence-electron chi connectivity index (χ0n) is 14.4. The highest BCUT2D eigenvalue weighted by Gasteiger charge is 2.27. The molecular formula is C21H16N2O4. The van der Waals surface area contributed by atoms with Gasteiger partial charge in [0.25, 0.3) is 5.91 Å². The molecule has 27 heavy (non-hydrogen) atoms. The van der Waals surface area contributed by atoms with Crippen LogP contribution in [0.2, 0.25) is 0 Å². The molecule has 1 amide bonds. The normalized spacial score (nSPS) is 15.0. The monoisotopic (exact) mass is 360 g/mol. The third kappa shape index (κ3) is 3.12. The number of furan rings is 1. The number of nitrogens with one attached hydrogen (secondary N) is 2. The molecule has 1 atom stereocenters. The Hall–Kier alpha value is -3.69. The molecule has 0 radical (unpaired) electrons. The smallest absolute Gasteiger partial charge is 0.256 e. The fourth-order valence-corrected chi connectivity index (χ4v) is 2.96. The Labute approximate surface area is 155 Å². The first-order valence-corrected chi connectivity index (χ1v) is 8.28. The van der Waals surface area contributed by atoms with Crippen molar-refractivity contribution in [2.24, 2.45) is 0 Å². The summed E-state index contributed by atoms with van der Waals surface area (Å²) in [5, 5.41) is 13.0. The number of aromatic amines is 1. The van der Waals surface area contributed by atoms with Crippen molar-refractivity contribution in [3.8, 4) is 17.6 Å². The maximum absolute atomic E-state index is 12.5. The number of methoxy groups -OCH3 is 1. The second-order valence-corrected chi connectivity index (χ2v) is 5.89. The topological polar surface area (TPSA) is 87.5 Å². The molecule has 0 aliphatic carbocycles. The lowest BCUT2D eigenvalue weighted by atomic mass is 9.99. The number of fused-ring (bicyclic) bond motifs is 1. The highest BCUT2D eigenvalue weighted by molar-refractivity contribution is 6.35. The molecule has 1 aliphatic rings. The summed E-state index contributed by atoms with van der Waals surface area (Å²) < 4.78 is 10.5. The Morgan fingerprint density at radius 2 is 2.15 bits per heavy atom. The van der Waals surface area contributed by atoms with Crippen LogP contribution in [-0.4, -0.2) is 23.1 Å². The van der Waals surface area contributed by atoms with Gasteiger partial charge in [0.05, 0.1) is 30.3 Å². The first-order valence-electron chi connectivity index (χ1n) is 8.28. The third-order valence-electron chi connectivity index (χ3n) is 4.23. The second-order valence-electron chi connectivity index (χ2n) is 5.89. The summed E-state index contributed by atoms with van der Waals surface area (Å²) in [6.45, 7) is 0. The number of carbonyl (C=O) groups is 1. The lowest BCUT2D eigenvalue weighted by Crippen LogP contribution is -2.03. The number of anilines is 1. The first kappa shape index (κ1) is 16.8. The van der Waals surface area contributed by atoms with Crippen molar-refractivity contribution in [2.45, 2.75) is 6.10 Å². The summed E-state index contributed by atoms with van der Waals surface area (Å²) in [5.41, 5.74) is 3.17. The molecule has 2 aromatic heterocycles. The van der Waals surface area contributed by atoms with Gasteiger partial charge in [-0.05, 0) is 36.4 Å². The summed E-state index contributed by atoms with van der Waals surface area (Å²) in [5.74, 6) is 6.51. The number of carbonyl (C=O) groups excluding carboxylic acids is 1. The molecule has 1 unspecified atom stereocenters. The van der Waals surface area contributed by atoms with E-state index in [0.717, 1.165) is 0 Å². The lowest BCUT2D eigenvalue weighted by molar-refractivity contribution is -0.110. The third-order valence-corrected chi connectivity index (χ3v) is 4.23. The average Bonchev–Trinajstić information content (AvgIpc) is 3.40. The Balaban J connectivity index is 1.76. The van der Waals surface area contributed by atoms with Crippen molar-refractivity contribution in [3.05, 3.63) is 71.4 Å². The number of aliphatic hydroxyl groups excluding tert-OH is 1. The number of aliphatic hydroxyl groups is 1. The van der Waals surface area contributed by atoms with Gasteiger partial charge < -0.3 is 24.6 Å². The van der Waals surface area contributed by atoms with Crippen LogP contribution in [0.3, 0.4) is 0 Å². The zero-order chi connectivity index (χ0) is 18.8.